The van der Waals surface area contributed by atoms with Crippen molar-refractivity contribution in [2.75, 3.05) is 5.43 Å². The van der Waals surface area contributed by atoms with E-state index >= 15 is 0 Å². The van der Waals surface area contributed by atoms with E-state index in [1.165, 1.54) is 5.56 Å². The highest BCUT2D eigenvalue weighted by Gasteiger charge is 2.14. The third-order valence-electron chi connectivity index (χ3n) is 5.48. The van der Waals surface area contributed by atoms with Gasteiger partial charge in [0.2, 0.25) is 5.95 Å². The minimum absolute atomic E-state index is 0.101. The zero-order valence-corrected chi connectivity index (χ0v) is 19.9. The van der Waals surface area contributed by atoms with Gasteiger partial charge in [0.15, 0.2) is 0 Å². The Morgan fingerprint density at radius 1 is 0.844 bits per heavy atom. The molecule has 5 heteroatoms. The van der Waals surface area contributed by atoms with E-state index in [1.54, 1.807) is 0 Å². The van der Waals surface area contributed by atoms with E-state index in [0.717, 1.165) is 50.2 Å². The van der Waals surface area contributed by atoms with E-state index in [0.29, 0.717) is 5.95 Å². The monoisotopic (exact) mass is 426 g/mol. The van der Waals surface area contributed by atoms with Gasteiger partial charge in [-0.2, -0.15) is 5.10 Å². The number of aryl methyl sites for hydroxylation is 4. The predicted molar refractivity (Wildman–Crippen MR) is 131 cm³/mol. The minimum atomic E-state index is 0.101. The highest BCUT2D eigenvalue weighted by Crippen LogP contribution is 2.28. The molecule has 0 saturated carbocycles. The second-order valence-electron chi connectivity index (χ2n) is 9.48. The molecule has 0 spiro atoms. The van der Waals surface area contributed by atoms with Crippen molar-refractivity contribution in [3.05, 3.63) is 82.0 Å². The van der Waals surface area contributed by atoms with Gasteiger partial charge in [0, 0.05) is 28.4 Å². The number of rotatable bonds is 3. The first kappa shape index (κ1) is 21.8. The van der Waals surface area contributed by atoms with E-state index in [-0.39, 0.29) is 5.41 Å². The van der Waals surface area contributed by atoms with Crippen molar-refractivity contribution < 1.29 is 4.42 Å². The zero-order chi connectivity index (χ0) is 23.0. The fourth-order valence-electron chi connectivity index (χ4n) is 3.93. The number of nitrogens with one attached hydrogen (secondary N) is 1. The smallest absolute Gasteiger partial charge is 0.243 e. The molecule has 5 nitrogen and oxygen atoms in total. The average molecular weight is 427 g/mol. The SMILES string of the molecule is Cc1cc(C)c2c(=NNc3nc(C)cc(C)n3)cc(-c3ccc(C(C)(C)C)cc3)oc2c1. The normalized spacial score (nSPS) is 12.4. The van der Waals surface area contributed by atoms with Crippen molar-refractivity contribution in [2.24, 2.45) is 5.10 Å². The summed E-state index contributed by atoms with van der Waals surface area (Å²) < 4.78 is 6.35. The molecule has 4 aromatic rings. The molecule has 0 aliphatic rings. The minimum Gasteiger partial charge on any atom is -0.456 e. The summed E-state index contributed by atoms with van der Waals surface area (Å²) in [4.78, 5) is 8.88. The van der Waals surface area contributed by atoms with Crippen LogP contribution in [0.25, 0.3) is 22.3 Å². The Kier molecular flexibility index (Phi) is 5.59. The molecule has 32 heavy (non-hydrogen) atoms. The van der Waals surface area contributed by atoms with Gasteiger partial charge in [-0.3, -0.25) is 0 Å². The Bertz CT molecular complexity index is 1340. The lowest BCUT2D eigenvalue weighted by Crippen LogP contribution is -2.11. The van der Waals surface area contributed by atoms with Crippen LogP contribution in [-0.4, -0.2) is 9.97 Å². The number of anilines is 1. The van der Waals surface area contributed by atoms with Crippen molar-refractivity contribution in [1.82, 2.24) is 9.97 Å². The summed E-state index contributed by atoms with van der Waals surface area (Å²) in [6.07, 6.45) is 0. The Labute approximate surface area is 189 Å². The Balaban J connectivity index is 1.87. The van der Waals surface area contributed by atoms with Crippen LogP contribution in [0.2, 0.25) is 0 Å². The van der Waals surface area contributed by atoms with E-state index in [4.69, 9.17) is 4.42 Å². The standard InChI is InChI=1S/C27H30N4O/c1-16-12-17(2)25-22(30-31-26-28-18(3)14-19(4)29-26)15-23(32-24(25)13-16)20-8-10-21(11-9-20)27(5,6)7/h8-15H,1-7H3,(H,28,29,31). The molecule has 0 saturated heterocycles. The molecule has 0 bridgehead atoms. The van der Waals surface area contributed by atoms with E-state index < -0.39 is 0 Å². The molecule has 2 aromatic heterocycles. The van der Waals surface area contributed by atoms with Gasteiger partial charge in [-0.15, -0.1) is 0 Å². The first-order valence-electron chi connectivity index (χ1n) is 10.9. The van der Waals surface area contributed by atoms with Crippen LogP contribution < -0.4 is 10.8 Å². The largest absolute Gasteiger partial charge is 0.456 e. The maximum absolute atomic E-state index is 6.35. The molecule has 0 fully saturated rings. The van der Waals surface area contributed by atoms with Gasteiger partial charge in [-0.1, -0.05) is 51.1 Å². The molecule has 0 atom stereocenters. The first-order valence-corrected chi connectivity index (χ1v) is 10.9. The molecule has 0 aliphatic carbocycles. The van der Waals surface area contributed by atoms with Gasteiger partial charge < -0.3 is 4.42 Å². The maximum atomic E-state index is 6.35. The van der Waals surface area contributed by atoms with Crippen molar-refractivity contribution in [1.29, 1.82) is 0 Å². The predicted octanol–water partition coefficient (Wildman–Crippen LogP) is 6.35. The summed E-state index contributed by atoms with van der Waals surface area (Å²) in [5, 5.41) is 6.45. The van der Waals surface area contributed by atoms with Crippen LogP contribution in [0.1, 0.15) is 48.8 Å². The van der Waals surface area contributed by atoms with Gasteiger partial charge in [0.1, 0.15) is 11.3 Å². The zero-order valence-electron chi connectivity index (χ0n) is 19.9. The Morgan fingerprint density at radius 2 is 1.50 bits per heavy atom. The maximum Gasteiger partial charge on any atom is 0.243 e. The Hall–Kier alpha value is -3.47. The van der Waals surface area contributed by atoms with Gasteiger partial charge in [-0.05, 0) is 61.9 Å². The Morgan fingerprint density at radius 3 is 2.12 bits per heavy atom. The lowest BCUT2D eigenvalue weighted by Gasteiger charge is -2.19. The third-order valence-corrected chi connectivity index (χ3v) is 5.48. The van der Waals surface area contributed by atoms with E-state index in [1.807, 2.05) is 26.0 Å². The summed E-state index contributed by atoms with van der Waals surface area (Å²) in [5.74, 6) is 1.25. The highest BCUT2D eigenvalue weighted by molar-refractivity contribution is 5.82. The van der Waals surface area contributed by atoms with Crippen LogP contribution in [0.15, 0.2) is 58.0 Å². The number of fused-ring (bicyclic) bond motifs is 1. The van der Waals surface area contributed by atoms with Crippen LogP contribution in [0, 0.1) is 27.7 Å². The first-order chi connectivity index (χ1) is 15.1. The molecule has 2 heterocycles. The fraction of sp³-hybridized carbons (Fsp3) is 0.296. The lowest BCUT2D eigenvalue weighted by atomic mass is 9.86. The number of hydrogen-bond acceptors (Lipinski definition) is 5. The lowest BCUT2D eigenvalue weighted by molar-refractivity contribution is 0.589. The summed E-state index contributed by atoms with van der Waals surface area (Å²) in [6, 6.07) is 16.7. The summed E-state index contributed by atoms with van der Waals surface area (Å²) >= 11 is 0. The fourth-order valence-corrected chi connectivity index (χ4v) is 3.93. The van der Waals surface area contributed by atoms with E-state index in [2.05, 4.69) is 91.5 Å². The average Bonchev–Trinajstić information content (AvgIpc) is 2.70. The summed E-state index contributed by atoms with van der Waals surface area (Å²) in [6.45, 7) is 14.7. The molecular weight excluding hydrogens is 396 g/mol. The van der Waals surface area contributed by atoms with Crippen molar-refractivity contribution in [3.8, 4) is 11.3 Å². The van der Waals surface area contributed by atoms with Crippen LogP contribution in [-0.2, 0) is 5.41 Å². The summed E-state index contributed by atoms with van der Waals surface area (Å²) in [5.41, 5.74) is 10.3. The highest BCUT2D eigenvalue weighted by atomic mass is 16.3. The van der Waals surface area contributed by atoms with Crippen LogP contribution in [0.3, 0.4) is 0 Å². The number of nitrogens with zero attached hydrogens (tertiary/aromatic N) is 3. The molecule has 1 N–H and O–H groups in total. The molecule has 0 aliphatic heterocycles. The van der Waals surface area contributed by atoms with Crippen LogP contribution in [0.5, 0.6) is 0 Å². The van der Waals surface area contributed by atoms with Gasteiger partial charge >= 0.3 is 0 Å². The number of hydrogen-bond donors (Lipinski definition) is 1. The number of aromatic nitrogens is 2. The molecular formula is C27H30N4O. The second kappa shape index (κ2) is 8.23. The third kappa shape index (κ3) is 4.57. The van der Waals surface area contributed by atoms with Crippen molar-refractivity contribution in [3.63, 3.8) is 0 Å². The summed E-state index contributed by atoms with van der Waals surface area (Å²) in [7, 11) is 0. The molecule has 0 amide bonds. The quantitative estimate of drug-likeness (QED) is 0.388. The molecule has 164 valence electrons. The van der Waals surface area contributed by atoms with Crippen LogP contribution >= 0.6 is 0 Å². The molecule has 0 radical (unpaired) electrons. The molecule has 4 rings (SSSR count). The van der Waals surface area contributed by atoms with Crippen LogP contribution in [0.4, 0.5) is 5.95 Å². The topological polar surface area (TPSA) is 63.3 Å². The molecule has 0 unspecified atom stereocenters. The number of benzene rings is 2. The van der Waals surface area contributed by atoms with Gasteiger partial charge in [-0.25, -0.2) is 15.4 Å². The van der Waals surface area contributed by atoms with E-state index in [9.17, 15) is 0 Å². The van der Waals surface area contributed by atoms with Crippen molar-refractivity contribution in [2.45, 2.75) is 53.9 Å². The van der Waals surface area contributed by atoms with Gasteiger partial charge in [0.05, 0.1) is 5.36 Å². The van der Waals surface area contributed by atoms with Crippen molar-refractivity contribution >= 4 is 16.9 Å². The molecule has 2 aromatic carbocycles. The van der Waals surface area contributed by atoms with Gasteiger partial charge in [0.25, 0.3) is 0 Å². The second-order valence-corrected chi connectivity index (χ2v) is 9.48.